The average Bonchev–Trinajstić information content (AvgIpc) is 3.03. The zero-order valence-corrected chi connectivity index (χ0v) is 19.7. The molecule has 1 saturated heterocycles. The third-order valence-electron chi connectivity index (χ3n) is 4.90. The van der Waals surface area contributed by atoms with Crippen LogP contribution < -0.4 is 14.8 Å². The van der Waals surface area contributed by atoms with Crippen molar-refractivity contribution in [3.05, 3.63) is 58.0 Å². The van der Waals surface area contributed by atoms with E-state index in [-0.39, 0.29) is 10.7 Å². The Morgan fingerprint density at radius 1 is 1.12 bits per heavy atom. The Morgan fingerprint density at radius 2 is 1.88 bits per heavy atom. The van der Waals surface area contributed by atoms with Gasteiger partial charge < -0.3 is 19.9 Å². The van der Waals surface area contributed by atoms with Gasteiger partial charge in [0.1, 0.15) is 6.54 Å². The molecule has 0 radical (unpaired) electrons. The van der Waals surface area contributed by atoms with E-state index in [4.69, 9.17) is 14.6 Å². The Balaban J connectivity index is 1.78. The highest BCUT2D eigenvalue weighted by atomic mass is 32.2. The van der Waals surface area contributed by atoms with E-state index in [0.29, 0.717) is 35.4 Å². The van der Waals surface area contributed by atoms with Gasteiger partial charge in [-0.1, -0.05) is 18.2 Å². The van der Waals surface area contributed by atoms with Crippen LogP contribution in [0.2, 0.25) is 0 Å². The van der Waals surface area contributed by atoms with Crippen LogP contribution in [0.25, 0.3) is 6.08 Å². The van der Waals surface area contributed by atoms with Gasteiger partial charge in [0.2, 0.25) is 5.91 Å². The van der Waals surface area contributed by atoms with Crippen molar-refractivity contribution in [2.75, 3.05) is 25.1 Å². The fraction of sp³-hybridized carbons (Fsp3) is 0.250. The molecule has 2 aromatic carbocycles. The molecule has 0 aromatic heterocycles. The minimum absolute atomic E-state index is 0.0813. The Labute approximate surface area is 200 Å². The Morgan fingerprint density at radius 3 is 2.56 bits per heavy atom. The van der Waals surface area contributed by atoms with E-state index >= 15 is 0 Å². The Bertz CT molecular complexity index is 1180. The van der Waals surface area contributed by atoms with Crippen molar-refractivity contribution < 1.29 is 33.8 Å². The quantitative estimate of drug-likeness (QED) is 0.515. The molecule has 1 heterocycles. The van der Waals surface area contributed by atoms with Crippen molar-refractivity contribution in [3.8, 4) is 11.5 Å². The second kappa shape index (κ2) is 10.9. The summed E-state index contributed by atoms with van der Waals surface area (Å²) in [6, 6.07) is 10.3. The second-order valence-electron chi connectivity index (χ2n) is 7.40. The highest BCUT2D eigenvalue weighted by Crippen LogP contribution is 2.37. The smallest absolute Gasteiger partial charge is 0.341 e. The number of anilines is 1. The first-order valence-electron chi connectivity index (χ1n) is 10.4. The fourth-order valence-corrected chi connectivity index (χ4v) is 3.97. The lowest BCUT2D eigenvalue weighted by atomic mass is 10.1. The minimum atomic E-state index is -1.17. The van der Waals surface area contributed by atoms with Crippen molar-refractivity contribution in [1.29, 1.82) is 0 Å². The first kappa shape index (κ1) is 24.8. The normalized spacial score (nSPS) is 14.4. The minimum Gasteiger partial charge on any atom is -0.490 e. The number of carbonyl (C=O) groups is 4. The summed E-state index contributed by atoms with van der Waals surface area (Å²) in [7, 11) is 0. The zero-order valence-electron chi connectivity index (χ0n) is 18.9. The number of amides is 3. The number of nitrogens with one attached hydrogen (secondary N) is 1. The molecule has 34 heavy (non-hydrogen) atoms. The van der Waals surface area contributed by atoms with Crippen molar-refractivity contribution in [2.45, 2.75) is 20.8 Å². The molecule has 1 aliphatic heterocycles. The van der Waals surface area contributed by atoms with E-state index in [0.717, 1.165) is 16.0 Å². The van der Waals surface area contributed by atoms with E-state index in [9.17, 15) is 19.2 Å². The number of ether oxygens (including phenoxy) is 2. The van der Waals surface area contributed by atoms with E-state index in [1.807, 2.05) is 26.0 Å². The lowest BCUT2D eigenvalue weighted by Gasteiger charge is -2.14. The van der Waals surface area contributed by atoms with Crippen LogP contribution in [0.5, 0.6) is 11.5 Å². The first-order valence-corrected chi connectivity index (χ1v) is 11.2. The van der Waals surface area contributed by atoms with Gasteiger partial charge in [0.25, 0.3) is 11.1 Å². The van der Waals surface area contributed by atoms with Gasteiger partial charge in [-0.2, -0.15) is 0 Å². The Hall–Kier alpha value is -3.79. The summed E-state index contributed by atoms with van der Waals surface area (Å²) in [6.07, 6.45) is 1.42. The molecule has 178 valence electrons. The van der Waals surface area contributed by atoms with Gasteiger partial charge in [-0.15, -0.1) is 0 Å². The van der Waals surface area contributed by atoms with Crippen LogP contribution in [0, 0.1) is 13.8 Å². The maximum absolute atomic E-state index is 12.9. The molecule has 0 aliphatic carbocycles. The molecule has 1 aliphatic rings. The van der Waals surface area contributed by atoms with Crippen molar-refractivity contribution in [3.63, 3.8) is 0 Å². The number of hydrogen-bond acceptors (Lipinski definition) is 7. The maximum atomic E-state index is 12.9. The topological polar surface area (TPSA) is 122 Å². The summed E-state index contributed by atoms with van der Waals surface area (Å²) >= 11 is 0.687. The number of hydrogen-bond donors (Lipinski definition) is 2. The van der Waals surface area contributed by atoms with Gasteiger partial charge >= 0.3 is 5.97 Å². The molecule has 2 aromatic rings. The summed E-state index contributed by atoms with van der Waals surface area (Å²) < 4.78 is 10.9. The Kier molecular flexibility index (Phi) is 7.95. The predicted molar refractivity (Wildman–Crippen MR) is 128 cm³/mol. The molecule has 9 nitrogen and oxygen atoms in total. The maximum Gasteiger partial charge on any atom is 0.341 e. The number of imide groups is 1. The van der Waals surface area contributed by atoms with E-state index in [1.165, 1.54) is 6.08 Å². The van der Waals surface area contributed by atoms with Gasteiger partial charge in [0.15, 0.2) is 18.1 Å². The van der Waals surface area contributed by atoms with Gasteiger partial charge in [-0.05, 0) is 67.9 Å². The van der Waals surface area contributed by atoms with Crippen LogP contribution in [0.1, 0.15) is 23.6 Å². The highest BCUT2D eigenvalue weighted by Gasteiger charge is 2.36. The third-order valence-corrected chi connectivity index (χ3v) is 5.81. The number of carboxylic acids is 1. The van der Waals surface area contributed by atoms with Crippen molar-refractivity contribution >= 4 is 46.5 Å². The van der Waals surface area contributed by atoms with Gasteiger partial charge in [-0.3, -0.25) is 19.3 Å². The zero-order chi connectivity index (χ0) is 24.8. The first-order chi connectivity index (χ1) is 16.2. The lowest BCUT2D eigenvalue weighted by molar-refractivity contribution is -0.139. The molecule has 0 spiro atoms. The molecule has 0 unspecified atom stereocenters. The molecule has 0 bridgehead atoms. The van der Waals surface area contributed by atoms with Crippen LogP contribution in [-0.2, 0) is 14.4 Å². The summed E-state index contributed by atoms with van der Waals surface area (Å²) in [4.78, 5) is 49.7. The predicted octanol–water partition coefficient (Wildman–Crippen LogP) is 3.84. The van der Waals surface area contributed by atoms with Gasteiger partial charge in [-0.25, -0.2) is 4.79 Å². The van der Waals surface area contributed by atoms with E-state index < -0.39 is 36.2 Å². The molecule has 0 saturated carbocycles. The molecule has 1 fully saturated rings. The van der Waals surface area contributed by atoms with Crippen LogP contribution in [0.15, 0.2) is 41.3 Å². The number of nitrogens with zero attached hydrogens (tertiary/aromatic N) is 1. The number of thioether (sulfide) groups is 1. The molecule has 2 N–H and O–H groups in total. The standard InChI is InChI=1S/C24H24N2O7S/c1-4-32-18-7-5-6-16(22(18)33-13-21(28)29)11-19-23(30)26(24(31)34-19)12-20(27)25-17-9-8-14(2)15(3)10-17/h5-11H,4,12-13H2,1-3H3,(H,25,27)(H,28,29). The van der Waals surface area contributed by atoms with Crippen molar-refractivity contribution in [2.24, 2.45) is 0 Å². The van der Waals surface area contributed by atoms with Crippen molar-refractivity contribution in [1.82, 2.24) is 4.90 Å². The number of rotatable bonds is 9. The lowest BCUT2D eigenvalue weighted by Crippen LogP contribution is -2.36. The molecular formula is C24H24N2O7S. The summed E-state index contributed by atoms with van der Waals surface area (Å²) in [5.74, 6) is -1.85. The van der Waals surface area contributed by atoms with Crippen LogP contribution in [-0.4, -0.2) is 52.8 Å². The highest BCUT2D eigenvalue weighted by molar-refractivity contribution is 8.18. The van der Waals surface area contributed by atoms with Crippen LogP contribution in [0.4, 0.5) is 10.5 Å². The monoisotopic (exact) mass is 484 g/mol. The molecule has 3 rings (SSSR count). The average molecular weight is 485 g/mol. The summed E-state index contributed by atoms with van der Waals surface area (Å²) in [6.45, 7) is 4.92. The number of para-hydroxylation sites is 1. The molecule has 10 heteroatoms. The summed E-state index contributed by atoms with van der Waals surface area (Å²) in [5, 5.41) is 11.1. The van der Waals surface area contributed by atoms with E-state index in [1.54, 1.807) is 31.2 Å². The van der Waals surface area contributed by atoms with Crippen LogP contribution in [0.3, 0.4) is 0 Å². The fourth-order valence-electron chi connectivity index (χ4n) is 3.14. The number of carbonyl (C=O) groups excluding carboxylic acids is 3. The van der Waals surface area contributed by atoms with E-state index in [2.05, 4.69) is 5.32 Å². The number of benzene rings is 2. The summed E-state index contributed by atoms with van der Waals surface area (Å²) in [5.41, 5.74) is 3.03. The second-order valence-corrected chi connectivity index (χ2v) is 8.40. The van der Waals surface area contributed by atoms with Crippen LogP contribution >= 0.6 is 11.8 Å². The number of carboxylic acid groups (broad SMARTS) is 1. The molecule has 3 amide bonds. The molecule has 0 atom stereocenters. The molecular weight excluding hydrogens is 460 g/mol. The largest absolute Gasteiger partial charge is 0.490 e. The van der Waals surface area contributed by atoms with Gasteiger partial charge in [0, 0.05) is 11.3 Å². The number of aryl methyl sites for hydroxylation is 2. The number of aliphatic carboxylic acids is 1. The SMILES string of the molecule is CCOc1cccc(C=C2SC(=O)N(CC(=O)Nc3ccc(C)c(C)c3)C2=O)c1OCC(=O)O. The third kappa shape index (κ3) is 5.96. The van der Waals surface area contributed by atoms with Gasteiger partial charge in [0.05, 0.1) is 11.5 Å².